The molecule has 0 heterocycles. The van der Waals surface area contributed by atoms with Crippen LogP contribution in [-0.4, -0.2) is 43.6 Å². The van der Waals surface area contributed by atoms with E-state index in [4.69, 9.17) is 16.3 Å². The Morgan fingerprint density at radius 2 is 1.76 bits per heavy atom. The third kappa shape index (κ3) is 7.24. The number of amides is 3. The highest BCUT2D eigenvalue weighted by Crippen LogP contribution is 2.15. The lowest BCUT2D eigenvalue weighted by molar-refractivity contribution is -0.120. The quantitative estimate of drug-likeness (QED) is 0.795. The third-order valence-electron chi connectivity index (χ3n) is 3.25. The zero-order valence-electron chi connectivity index (χ0n) is 13.9. The normalized spacial score (nSPS) is 10.4. The number of para-hydroxylation sites is 1. The van der Waals surface area contributed by atoms with Gasteiger partial charge in [-0.15, -0.1) is 0 Å². The van der Waals surface area contributed by atoms with E-state index in [0.717, 1.165) is 0 Å². The van der Waals surface area contributed by atoms with E-state index in [1.54, 1.807) is 60.5 Å². The number of rotatable bonds is 7. The summed E-state index contributed by atoms with van der Waals surface area (Å²) in [6.07, 6.45) is 0. The molecule has 3 amide bonds. The second kappa shape index (κ2) is 9.66. The van der Waals surface area contributed by atoms with E-state index in [1.807, 2.05) is 6.07 Å². The lowest BCUT2D eigenvalue weighted by atomic mass is 10.3. The SMILES string of the molecule is CN(CCOc1ccc(Cl)cc1)CC(=O)NC(=O)Nc1ccccc1. The molecule has 0 aromatic heterocycles. The van der Waals surface area contributed by atoms with E-state index in [0.29, 0.717) is 29.6 Å². The first-order valence-corrected chi connectivity index (χ1v) is 8.13. The Kier molecular flexibility index (Phi) is 7.25. The van der Waals surface area contributed by atoms with E-state index in [-0.39, 0.29) is 12.5 Å². The summed E-state index contributed by atoms with van der Waals surface area (Å²) in [7, 11) is 1.78. The molecular formula is C18H20ClN3O3. The summed E-state index contributed by atoms with van der Waals surface area (Å²) < 4.78 is 5.56. The Labute approximate surface area is 151 Å². The number of anilines is 1. The number of benzene rings is 2. The molecule has 0 saturated heterocycles. The lowest BCUT2D eigenvalue weighted by Crippen LogP contribution is -2.41. The van der Waals surface area contributed by atoms with Gasteiger partial charge in [-0.05, 0) is 43.4 Å². The maximum atomic E-state index is 11.9. The monoisotopic (exact) mass is 361 g/mol. The van der Waals surface area contributed by atoms with Crippen molar-refractivity contribution in [3.8, 4) is 5.75 Å². The van der Waals surface area contributed by atoms with E-state index < -0.39 is 6.03 Å². The summed E-state index contributed by atoms with van der Waals surface area (Å²) >= 11 is 5.81. The molecule has 0 atom stereocenters. The van der Waals surface area contributed by atoms with Crippen LogP contribution in [0.3, 0.4) is 0 Å². The van der Waals surface area contributed by atoms with E-state index in [9.17, 15) is 9.59 Å². The molecule has 2 aromatic carbocycles. The van der Waals surface area contributed by atoms with Crippen LogP contribution in [0, 0.1) is 0 Å². The van der Waals surface area contributed by atoms with Gasteiger partial charge < -0.3 is 10.1 Å². The number of hydrogen-bond donors (Lipinski definition) is 2. The fourth-order valence-electron chi connectivity index (χ4n) is 2.02. The second-order valence-corrected chi connectivity index (χ2v) is 5.84. The second-order valence-electron chi connectivity index (χ2n) is 5.41. The number of nitrogens with one attached hydrogen (secondary N) is 2. The molecule has 2 aromatic rings. The molecule has 0 spiro atoms. The Bertz CT molecular complexity index is 692. The van der Waals surface area contributed by atoms with Crippen LogP contribution in [0.5, 0.6) is 5.75 Å². The molecule has 2 N–H and O–H groups in total. The predicted octanol–water partition coefficient (Wildman–Crippen LogP) is 3.00. The van der Waals surface area contributed by atoms with Crippen LogP contribution in [0.25, 0.3) is 0 Å². The average molecular weight is 362 g/mol. The van der Waals surface area contributed by atoms with Gasteiger partial charge in [-0.3, -0.25) is 15.0 Å². The Balaban J connectivity index is 1.65. The molecule has 132 valence electrons. The van der Waals surface area contributed by atoms with E-state index in [2.05, 4.69) is 10.6 Å². The van der Waals surface area contributed by atoms with Crippen molar-refractivity contribution in [2.45, 2.75) is 0 Å². The minimum Gasteiger partial charge on any atom is -0.492 e. The molecule has 2 rings (SSSR count). The molecule has 0 radical (unpaired) electrons. The highest BCUT2D eigenvalue weighted by atomic mass is 35.5. The van der Waals surface area contributed by atoms with Crippen LogP contribution >= 0.6 is 11.6 Å². The number of imide groups is 1. The first kappa shape index (κ1) is 18.8. The molecule has 0 aliphatic rings. The van der Waals surface area contributed by atoms with Gasteiger partial charge in [0, 0.05) is 17.3 Å². The molecule has 0 bridgehead atoms. The highest BCUT2D eigenvalue weighted by molar-refractivity contribution is 6.30. The van der Waals surface area contributed by atoms with Gasteiger partial charge >= 0.3 is 6.03 Å². The average Bonchev–Trinajstić information content (AvgIpc) is 2.57. The van der Waals surface area contributed by atoms with Gasteiger partial charge in [-0.1, -0.05) is 29.8 Å². The molecule has 7 heteroatoms. The van der Waals surface area contributed by atoms with Crippen molar-refractivity contribution in [1.82, 2.24) is 10.2 Å². The first-order chi connectivity index (χ1) is 12.0. The summed E-state index contributed by atoms with van der Waals surface area (Å²) in [5, 5.41) is 5.53. The van der Waals surface area contributed by atoms with Gasteiger partial charge in [0.25, 0.3) is 0 Å². The molecular weight excluding hydrogens is 342 g/mol. The fourth-order valence-corrected chi connectivity index (χ4v) is 2.15. The van der Waals surface area contributed by atoms with Crippen LogP contribution in [0.1, 0.15) is 0 Å². The predicted molar refractivity (Wildman–Crippen MR) is 98.0 cm³/mol. The van der Waals surface area contributed by atoms with Crippen molar-refractivity contribution in [3.63, 3.8) is 0 Å². The summed E-state index contributed by atoms with van der Waals surface area (Å²) in [5.41, 5.74) is 0.623. The van der Waals surface area contributed by atoms with Gasteiger partial charge in [-0.2, -0.15) is 0 Å². The van der Waals surface area contributed by atoms with Crippen molar-refractivity contribution < 1.29 is 14.3 Å². The van der Waals surface area contributed by atoms with Crippen molar-refractivity contribution >= 4 is 29.2 Å². The number of urea groups is 1. The maximum Gasteiger partial charge on any atom is 0.325 e. The lowest BCUT2D eigenvalue weighted by Gasteiger charge is -2.16. The third-order valence-corrected chi connectivity index (χ3v) is 3.51. The summed E-state index contributed by atoms with van der Waals surface area (Å²) in [6, 6.07) is 15.4. The number of carbonyl (C=O) groups is 2. The first-order valence-electron chi connectivity index (χ1n) is 7.76. The summed E-state index contributed by atoms with van der Waals surface area (Å²) in [6.45, 7) is 1.05. The number of halogens is 1. The number of hydrogen-bond acceptors (Lipinski definition) is 4. The Hall–Kier alpha value is -2.57. The van der Waals surface area contributed by atoms with E-state index in [1.165, 1.54) is 0 Å². The molecule has 0 saturated carbocycles. The highest BCUT2D eigenvalue weighted by Gasteiger charge is 2.10. The number of carbonyl (C=O) groups excluding carboxylic acids is 2. The topological polar surface area (TPSA) is 70.7 Å². The fraction of sp³-hybridized carbons (Fsp3) is 0.222. The van der Waals surface area contributed by atoms with Crippen molar-refractivity contribution in [1.29, 1.82) is 0 Å². The summed E-state index contributed by atoms with van der Waals surface area (Å²) in [4.78, 5) is 25.4. The Morgan fingerprint density at radius 3 is 2.44 bits per heavy atom. The van der Waals surface area contributed by atoms with Crippen LogP contribution in [-0.2, 0) is 4.79 Å². The van der Waals surface area contributed by atoms with Crippen molar-refractivity contribution in [2.75, 3.05) is 32.1 Å². The molecule has 0 fully saturated rings. The summed E-state index contributed by atoms with van der Waals surface area (Å²) in [5.74, 6) is 0.326. The maximum absolute atomic E-state index is 11.9. The zero-order valence-corrected chi connectivity index (χ0v) is 14.6. The number of ether oxygens (including phenoxy) is 1. The zero-order chi connectivity index (χ0) is 18.1. The van der Waals surface area contributed by atoms with E-state index >= 15 is 0 Å². The van der Waals surface area contributed by atoms with Gasteiger partial charge in [0.1, 0.15) is 12.4 Å². The van der Waals surface area contributed by atoms with Crippen LogP contribution in [0.4, 0.5) is 10.5 Å². The molecule has 0 aliphatic heterocycles. The minimum absolute atomic E-state index is 0.0895. The largest absolute Gasteiger partial charge is 0.492 e. The molecule has 0 aliphatic carbocycles. The van der Waals surface area contributed by atoms with Crippen LogP contribution in [0.15, 0.2) is 54.6 Å². The van der Waals surface area contributed by atoms with Crippen LogP contribution < -0.4 is 15.4 Å². The van der Waals surface area contributed by atoms with Crippen LogP contribution in [0.2, 0.25) is 5.02 Å². The molecule has 0 unspecified atom stereocenters. The Morgan fingerprint density at radius 1 is 1.08 bits per heavy atom. The number of nitrogens with zero attached hydrogens (tertiary/aromatic N) is 1. The van der Waals surface area contributed by atoms with Crippen molar-refractivity contribution in [2.24, 2.45) is 0 Å². The molecule has 6 nitrogen and oxygen atoms in total. The number of likely N-dealkylation sites (N-methyl/N-ethyl adjacent to an activating group) is 1. The van der Waals surface area contributed by atoms with Gasteiger partial charge in [0.05, 0.1) is 6.54 Å². The standard InChI is InChI=1S/C18H20ClN3O3/c1-22(11-12-25-16-9-7-14(19)8-10-16)13-17(23)21-18(24)20-15-5-3-2-4-6-15/h2-10H,11-13H2,1H3,(H2,20,21,23,24). The van der Waals surface area contributed by atoms with Gasteiger partial charge in [-0.25, -0.2) is 4.79 Å². The smallest absolute Gasteiger partial charge is 0.325 e. The molecule has 25 heavy (non-hydrogen) atoms. The van der Waals surface area contributed by atoms with Gasteiger partial charge in [0.2, 0.25) is 5.91 Å². The minimum atomic E-state index is -0.554. The van der Waals surface area contributed by atoms with Gasteiger partial charge in [0.15, 0.2) is 0 Å². The van der Waals surface area contributed by atoms with Crippen molar-refractivity contribution in [3.05, 3.63) is 59.6 Å².